The Bertz CT molecular complexity index is 415. The number of anilines is 1. The van der Waals surface area contributed by atoms with E-state index in [-0.39, 0.29) is 6.04 Å². The van der Waals surface area contributed by atoms with Gasteiger partial charge in [0, 0.05) is 29.3 Å². The zero-order valence-electron chi connectivity index (χ0n) is 11.5. The van der Waals surface area contributed by atoms with Crippen LogP contribution in [0.2, 0.25) is 0 Å². The van der Waals surface area contributed by atoms with Gasteiger partial charge >= 0.3 is 0 Å². The maximum absolute atomic E-state index is 5.94. The van der Waals surface area contributed by atoms with Crippen LogP contribution in [0.1, 0.15) is 38.8 Å². The SMILES string of the molecule is CC(C)C1CCN(c2ccc([C@@H](C)N)c(Br)c2)C1. The Morgan fingerprint density at radius 2 is 2.06 bits per heavy atom. The predicted octanol–water partition coefficient (Wildman–Crippen LogP) is 3.95. The normalized spacial score (nSPS) is 21.7. The van der Waals surface area contributed by atoms with Crippen molar-refractivity contribution in [2.24, 2.45) is 17.6 Å². The smallest absolute Gasteiger partial charge is 0.0377 e. The third-order valence-electron chi connectivity index (χ3n) is 4.01. The summed E-state index contributed by atoms with van der Waals surface area (Å²) in [6, 6.07) is 6.63. The van der Waals surface area contributed by atoms with E-state index in [1.54, 1.807) is 0 Å². The molecule has 1 fully saturated rings. The van der Waals surface area contributed by atoms with Gasteiger partial charge in [-0.15, -0.1) is 0 Å². The van der Waals surface area contributed by atoms with Crippen molar-refractivity contribution in [3.8, 4) is 0 Å². The van der Waals surface area contributed by atoms with Crippen LogP contribution in [0.4, 0.5) is 5.69 Å². The molecule has 0 spiro atoms. The second-order valence-electron chi connectivity index (χ2n) is 5.73. The molecule has 1 heterocycles. The van der Waals surface area contributed by atoms with Crippen molar-refractivity contribution >= 4 is 21.6 Å². The first kappa shape index (κ1) is 13.9. The van der Waals surface area contributed by atoms with E-state index in [1.807, 2.05) is 6.92 Å². The molecule has 100 valence electrons. The highest BCUT2D eigenvalue weighted by molar-refractivity contribution is 9.10. The van der Waals surface area contributed by atoms with E-state index in [0.717, 1.165) is 16.3 Å². The summed E-state index contributed by atoms with van der Waals surface area (Å²) < 4.78 is 1.13. The minimum absolute atomic E-state index is 0.0791. The molecular formula is C15H23BrN2. The second kappa shape index (κ2) is 5.62. The van der Waals surface area contributed by atoms with Crippen LogP contribution in [0.5, 0.6) is 0 Å². The van der Waals surface area contributed by atoms with E-state index in [2.05, 4.69) is 52.9 Å². The Balaban J connectivity index is 2.13. The largest absolute Gasteiger partial charge is 0.371 e. The van der Waals surface area contributed by atoms with Crippen molar-refractivity contribution in [3.63, 3.8) is 0 Å². The Morgan fingerprint density at radius 1 is 1.33 bits per heavy atom. The quantitative estimate of drug-likeness (QED) is 0.916. The fourth-order valence-corrected chi connectivity index (χ4v) is 3.38. The van der Waals surface area contributed by atoms with Crippen LogP contribution in [0.25, 0.3) is 0 Å². The van der Waals surface area contributed by atoms with Crippen molar-refractivity contribution in [1.82, 2.24) is 0 Å². The summed E-state index contributed by atoms with van der Waals surface area (Å²) in [6.45, 7) is 9.02. The maximum atomic E-state index is 5.94. The molecule has 3 heteroatoms. The Kier molecular flexibility index (Phi) is 4.33. The number of nitrogens with two attached hydrogens (primary N) is 1. The van der Waals surface area contributed by atoms with E-state index >= 15 is 0 Å². The highest BCUT2D eigenvalue weighted by Crippen LogP contribution is 2.32. The topological polar surface area (TPSA) is 29.3 Å². The number of benzene rings is 1. The summed E-state index contributed by atoms with van der Waals surface area (Å²) in [5.74, 6) is 1.61. The molecule has 0 saturated carbocycles. The van der Waals surface area contributed by atoms with Crippen molar-refractivity contribution < 1.29 is 0 Å². The van der Waals surface area contributed by atoms with Crippen LogP contribution >= 0.6 is 15.9 Å². The van der Waals surface area contributed by atoms with Gasteiger partial charge in [-0.3, -0.25) is 0 Å². The molecule has 1 aromatic carbocycles. The van der Waals surface area contributed by atoms with Crippen LogP contribution in [0.3, 0.4) is 0 Å². The lowest BCUT2D eigenvalue weighted by Gasteiger charge is -2.21. The van der Waals surface area contributed by atoms with Gasteiger partial charge < -0.3 is 10.6 Å². The molecule has 1 aliphatic heterocycles. The van der Waals surface area contributed by atoms with Gasteiger partial charge in [-0.25, -0.2) is 0 Å². The first-order valence-corrected chi connectivity index (χ1v) is 7.58. The van der Waals surface area contributed by atoms with E-state index in [4.69, 9.17) is 5.73 Å². The summed E-state index contributed by atoms with van der Waals surface area (Å²) >= 11 is 3.63. The average molecular weight is 311 g/mol. The summed E-state index contributed by atoms with van der Waals surface area (Å²) in [4.78, 5) is 2.49. The first-order valence-electron chi connectivity index (χ1n) is 6.79. The van der Waals surface area contributed by atoms with Crippen LogP contribution in [-0.4, -0.2) is 13.1 Å². The zero-order chi connectivity index (χ0) is 13.3. The van der Waals surface area contributed by atoms with Gasteiger partial charge in [-0.05, 0) is 42.9 Å². The Labute approximate surface area is 119 Å². The minimum atomic E-state index is 0.0791. The molecule has 1 aromatic rings. The summed E-state index contributed by atoms with van der Waals surface area (Å²) in [5, 5.41) is 0. The summed E-state index contributed by atoms with van der Waals surface area (Å²) in [7, 11) is 0. The zero-order valence-corrected chi connectivity index (χ0v) is 13.1. The highest BCUT2D eigenvalue weighted by Gasteiger charge is 2.25. The van der Waals surface area contributed by atoms with Crippen molar-refractivity contribution in [1.29, 1.82) is 0 Å². The molecule has 1 aliphatic rings. The van der Waals surface area contributed by atoms with Crippen LogP contribution in [0, 0.1) is 11.8 Å². The number of halogens is 1. The number of hydrogen-bond acceptors (Lipinski definition) is 2. The first-order chi connectivity index (χ1) is 8.49. The maximum Gasteiger partial charge on any atom is 0.0377 e. The third kappa shape index (κ3) is 2.89. The molecule has 2 atom stereocenters. The van der Waals surface area contributed by atoms with Gasteiger partial charge in [0.2, 0.25) is 0 Å². The average Bonchev–Trinajstić information content (AvgIpc) is 2.77. The predicted molar refractivity (Wildman–Crippen MR) is 81.9 cm³/mol. The fourth-order valence-electron chi connectivity index (χ4n) is 2.65. The number of hydrogen-bond donors (Lipinski definition) is 1. The van der Waals surface area contributed by atoms with Crippen LogP contribution in [-0.2, 0) is 0 Å². The lowest BCUT2D eigenvalue weighted by molar-refractivity contribution is 0.423. The highest BCUT2D eigenvalue weighted by atomic mass is 79.9. The molecule has 0 aromatic heterocycles. The van der Waals surface area contributed by atoms with Crippen LogP contribution in [0.15, 0.2) is 22.7 Å². The fraction of sp³-hybridized carbons (Fsp3) is 0.600. The Hall–Kier alpha value is -0.540. The molecule has 2 rings (SSSR count). The third-order valence-corrected chi connectivity index (χ3v) is 4.69. The van der Waals surface area contributed by atoms with E-state index in [1.165, 1.54) is 30.8 Å². The van der Waals surface area contributed by atoms with Crippen molar-refractivity contribution in [2.45, 2.75) is 33.2 Å². The molecule has 2 N–H and O–H groups in total. The van der Waals surface area contributed by atoms with Gasteiger partial charge in [-0.1, -0.05) is 35.8 Å². The summed E-state index contributed by atoms with van der Waals surface area (Å²) in [6.07, 6.45) is 1.31. The molecule has 0 radical (unpaired) electrons. The second-order valence-corrected chi connectivity index (χ2v) is 6.59. The lowest BCUT2D eigenvalue weighted by atomic mass is 9.95. The minimum Gasteiger partial charge on any atom is -0.371 e. The van der Waals surface area contributed by atoms with E-state index in [9.17, 15) is 0 Å². The monoisotopic (exact) mass is 310 g/mol. The number of nitrogens with zero attached hydrogens (tertiary/aromatic N) is 1. The lowest BCUT2D eigenvalue weighted by Crippen LogP contribution is -2.21. The molecule has 18 heavy (non-hydrogen) atoms. The standard InChI is InChI=1S/C15H23BrN2/c1-10(2)12-6-7-18(9-12)13-4-5-14(11(3)17)15(16)8-13/h4-5,8,10-12H,6-7,9,17H2,1-3H3/t11-,12?/m1/s1. The van der Waals surface area contributed by atoms with Crippen LogP contribution < -0.4 is 10.6 Å². The molecule has 2 nitrogen and oxygen atoms in total. The van der Waals surface area contributed by atoms with E-state index in [0.29, 0.717) is 0 Å². The molecule has 1 saturated heterocycles. The van der Waals surface area contributed by atoms with E-state index < -0.39 is 0 Å². The molecule has 0 bridgehead atoms. The van der Waals surface area contributed by atoms with Gasteiger partial charge in [0.25, 0.3) is 0 Å². The van der Waals surface area contributed by atoms with Gasteiger partial charge in [0.1, 0.15) is 0 Å². The molecular weight excluding hydrogens is 288 g/mol. The van der Waals surface area contributed by atoms with Crippen molar-refractivity contribution in [3.05, 3.63) is 28.2 Å². The van der Waals surface area contributed by atoms with Crippen molar-refractivity contribution in [2.75, 3.05) is 18.0 Å². The van der Waals surface area contributed by atoms with Gasteiger partial charge in [0.15, 0.2) is 0 Å². The molecule has 0 aliphatic carbocycles. The summed E-state index contributed by atoms with van der Waals surface area (Å²) in [5.41, 5.74) is 8.43. The Morgan fingerprint density at radius 3 is 2.56 bits per heavy atom. The van der Waals surface area contributed by atoms with Gasteiger partial charge in [0.05, 0.1) is 0 Å². The van der Waals surface area contributed by atoms with Gasteiger partial charge in [-0.2, -0.15) is 0 Å². The molecule has 1 unspecified atom stereocenters. The number of rotatable bonds is 3. The molecule has 0 amide bonds.